The van der Waals surface area contributed by atoms with Crippen molar-refractivity contribution in [2.75, 3.05) is 39.9 Å². The van der Waals surface area contributed by atoms with Crippen LogP contribution in [0.25, 0.3) is 0 Å². The van der Waals surface area contributed by atoms with Gasteiger partial charge in [0.05, 0.1) is 13.2 Å². The molecule has 1 fully saturated rings. The van der Waals surface area contributed by atoms with Gasteiger partial charge in [-0.05, 0) is 26.0 Å². The molecule has 1 aliphatic carbocycles. The highest BCUT2D eigenvalue weighted by Gasteiger charge is 2.15. The summed E-state index contributed by atoms with van der Waals surface area (Å²) in [5.41, 5.74) is 2.99. The number of hydrogen-bond donors (Lipinski definition) is 1. The maximum Gasteiger partial charge on any atom is 0.0642 e. The maximum atomic E-state index is 5.36. The number of rotatable bonds is 3. The highest BCUT2D eigenvalue weighted by molar-refractivity contribution is 5.24. The Balaban J connectivity index is 0.000000686. The lowest BCUT2D eigenvalue weighted by Gasteiger charge is -2.32. The van der Waals surface area contributed by atoms with Crippen LogP contribution in [0.2, 0.25) is 0 Å². The molecule has 17 heavy (non-hydrogen) atoms. The Morgan fingerprint density at radius 1 is 1.18 bits per heavy atom. The topological polar surface area (TPSA) is 24.5 Å². The molecule has 0 unspecified atom stereocenters. The van der Waals surface area contributed by atoms with Crippen LogP contribution < -0.4 is 5.32 Å². The van der Waals surface area contributed by atoms with E-state index in [-0.39, 0.29) is 0 Å². The van der Waals surface area contributed by atoms with E-state index in [2.05, 4.69) is 22.4 Å². The number of morpholine rings is 1. The van der Waals surface area contributed by atoms with Crippen molar-refractivity contribution in [3.63, 3.8) is 0 Å². The summed E-state index contributed by atoms with van der Waals surface area (Å²) in [6, 6.07) is 0. The molecule has 0 radical (unpaired) electrons. The van der Waals surface area contributed by atoms with Gasteiger partial charge in [0.15, 0.2) is 0 Å². The van der Waals surface area contributed by atoms with E-state index in [1.54, 1.807) is 0 Å². The fourth-order valence-electron chi connectivity index (χ4n) is 2.16. The number of nitrogens with zero attached hydrogens (tertiary/aromatic N) is 1. The van der Waals surface area contributed by atoms with Crippen LogP contribution in [-0.2, 0) is 4.74 Å². The third kappa shape index (κ3) is 4.52. The van der Waals surface area contributed by atoms with E-state index in [1.165, 1.54) is 24.1 Å². The second kappa shape index (κ2) is 8.31. The Bertz CT molecular complexity index is 265. The molecule has 0 aromatic rings. The van der Waals surface area contributed by atoms with Crippen LogP contribution in [0.3, 0.4) is 0 Å². The molecule has 0 spiro atoms. The first-order chi connectivity index (χ1) is 8.40. The van der Waals surface area contributed by atoms with E-state index in [0.29, 0.717) is 0 Å². The van der Waals surface area contributed by atoms with Crippen molar-refractivity contribution in [1.82, 2.24) is 10.2 Å². The zero-order chi connectivity index (χ0) is 12.5. The Hall–Kier alpha value is -0.800. The van der Waals surface area contributed by atoms with Gasteiger partial charge in [0.25, 0.3) is 0 Å². The van der Waals surface area contributed by atoms with Crippen LogP contribution in [0.15, 0.2) is 23.4 Å². The first-order valence-electron chi connectivity index (χ1n) is 6.76. The van der Waals surface area contributed by atoms with Crippen LogP contribution in [0.4, 0.5) is 0 Å². The number of nitrogens with one attached hydrogen (secondary N) is 1. The molecule has 1 N–H and O–H groups in total. The second-order valence-corrected chi connectivity index (χ2v) is 4.11. The van der Waals surface area contributed by atoms with Crippen molar-refractivity contribution in [3.05, 3.63) is 23.4 Å². The Kier molecular flexibility index (Phi) is 6.97. The fourth-order valence-corrected chi connectivity index (χ4v) is 2.16. The molecule has 1 heterocycles. The summed E-state index contributed by atoms with van der Waals surface area (Å²) in [5, 5.41) is 3.20. The van der Waals surface area contributed by atoms with Gasteiger partial charge in [-0.1, -0.05) is 25.5 Å². The Labute approximate surface area is 106 Å². The van der Waals surface area contributed by atoms with Gasteiger partial charge in [-0.15, -0.1) is 0 Å². The zero-order valence-corrected chi connectivity index (χ0v) is 11.5. The van der Waals surface area contributed by atoms with Crippen molar-refractivity contribution in [2.45, 2.75) is 26.7 Å². The number of hydrogen-bond acceptors (Lipinski definition) is 3. The Morgan fingerprint density at radius 3 is 2.41 bits per heavy atom. The smallest absolute Gasteiger partial charge is 0.0642 e. The second-order valence-electron chi connectivity index (χ2n) is 4.11. The zero-order valence-electron chi connectivity index (χ0n) is 11.5. The van der Waals surface area contributed by atoms with Crippen LogP contribution in [-0.4, -0.2) is 44.8 Å². The predicted molar refractivity (Wildman–Crippen MR) is 73.1 cm³/mol. The molecule has 0 saturated carbocycles. The minimum Gasteiger partial charge on any atom is -0.378 e. The van der Waals surface area contributed by atoms with Crippen LogP contribution in [0, 0.1) is 0 Å². The molecule has 0 amide bonds. The molecule has 0 bridgehead atoms. The van der Waals surface area contributed by atoms with Crippen molar-refractivity contribution >= 4 is 0 Å². The summed E-state index contributed by atoms with van der Waals surface area (Å²) in [6.45, 7) is 8.89. The summed E-state index contributed by atoms with van der Waals surface area (Å²) in [7, 11) is 2.00. The molecule has 3 nitrogen and oxygen atoms in total. The van der Waals surface area contributed by atoms with E-state index in [1.807, 2.05) is 20.9 Å². The molecular formula is C14H26N2O. The van der Waals surface area contributed by atoms with E-state index < -0.39 is 0 Å². The molecule has 0 aromatic heterocycles. The third-order valence-corrected chi connectivity index (χ3v) is 3.03. The lowest BCUT2D eigenvalue weighted by Crippen LogP contribution is -2.36. The van der Waals surface area contributed by atoms with Crippen molar-refractivity contribution < 1.29 is 4.74 Å². The summed E-state index contributed by atoms with van der Waals surface area (Å²) in [6.07, 6.45) is 6.93. The van der Waals surface area contributed by atoms with Crippen molar-refractivity contribution in [2.24, 2.45) is 0 Å². The minimum atomic E-state index is 0.879. The largest absolute Gasteiger partial charge is 0.378 e. The Morgan fingerprint density at radius 2 is 1.88 bits per heavy atom. The van der Waals surface area contributed by atoms with Crippen molar-refractivity contribution in [3.8, 4) is 0 Å². The summed E-state index contributed by atoms with van der Waals surface area (Å²) in [4.78, 5) is 2.45. The lowest BCUT2D eigenvalue weighted by atomic mass is 10.0. The molecule has 1 saturated heterocycles. The number of allylic oxidation sites excluding steroid dienone is 3. The fraction of sp³-hybridized carbons (Fsp3) is 0.714. The van der Waals surface area contributed by atoms with Gasteiger partial charge >= 0.3 is 0 Å². The third-order valence-electron chi connectivity index (χ3n) is 3.03. The van der Waals surface area contributed by atoms with Gasteiger partial charge in [-0.25, -0.2) is 0 Å². The summed E-state index contributed by atoms with van der Waals surface area (Å²) >= 11 is 0. The van der Waals surface area contributed by atoms with Gasteiger partial charge < -0.3 is 15.0 Å². The lowest BCUT2D eigenvalue weighted by molar-refractivity contribution is 0.0519. The van der Waals surface area contributed by atoms with Gasteiger partial charge in [-0.3, -0.25) is 0 Å². The van der Waals surface area contributed by atoms with Gasteiger partial charge in [-0.2, -0.15) is 0 Å². The van der Waals surface area contributed by atoms with Gasteiger partial charge in [0.1, 0.15) is 0 Å². The standard InChI is InChI=1S/C12H20N2O.C2H6/c1-13-10-11-2-4-12(5-3-11)14-6-8-15-9-7-14;1-2/h2,4,13H,3,5-10H2,1H3;1-2H3. The summed E-state index contributed by atoms with van der Waals surface area (Å²) in [5.74, 6) is 0. The number of likely N-dealkylation sites (N-methyl/N-ethyl adjacent to an activating group) is 1. The van der Waals surface area contributed by atoms with E-state index >= 15 is 0 Å². The normalized spacial score (nSPS) is 20.1. The van der Waals surface area contributed by atoms with E-state index in [9.17, 15) is 0 Å². The first kappa shape index (κ1) is 14.3. The predicted octanol–water partition coefficient (Wildman–Crippen LogP) is 2.17. The van der Waals surface area contributed by atoms with Crippen LogP contribution in [0.5, 0.6) is 0 Å². The van der Waals surface area contributed by atoms with Crippen molar-refractivity contribution in [1.29, 1.82) is 0 Å². The monoisotopic (exact) mass is 238 g/mol. The average molecular weight is 238 g/mol. The highest BCUT2D eigenvalue weighted by Crippen LogP contribution is 2.21. The van der Waals surface area contributed by atoms with Crippen LogP contribution in [0.1, 0.15) is 26.7 Å². The molecule has 98 valence electrons. The average Bonchev–Trinajstić information content (AvgIpc) is 2.43. The molecular weight excluding hydrogens is 212 g/mol. The molecule has 1 aliphatic heterocycles. The summed E-state index contributed by atoms with van der Waals surface area (Å²) < 4.78 is 5.36. The molecule has 2 aliphatic rings. The minimum absolute atomic E-state index is 0.879. The van der Waals surface area contributed by atoms with E-state index in [4.69, 9.17) is 4.74 Å². The maximum absolute atomic E-state index is 5.36. The van der Waals surface area contributed by atoms with Gasteiger partial charge in [0.2, 0.25) is 0 Å². The molecule has 3 heteroatoms. The molecule has 0 atom stereocenters. The van der Waals surface area contributed by atoms with E-state index in [0.717, 1.165) is 32.8 Å². The SMILES string of the molecule is CC.CNCC1=CC=C(N2CCOCC2)CC1. The quantitative estimate of drug-likeness (QED) is 0.815. The molecule has 0 aromatic carbocycles. The highest BCUT2D eigenvalue weighted by atomic mass is 16.5. The number of ether oxygens (including phenoxy) is 1. The molecule has 2 rings (SSSR count). The van der Waals surface area contributed by atoms with Gasteiger partial charge in [0, 0.05) is 25.3 Å². The van der Waals surface area contributed by atoms with Crippen LogP contribution >= 0.6 is 0 Å². The first-order valence-corrected chi connectivity index (χ1v) is 6.76.